The van der Waals surface area contributed by atoms with E-state index in [0.717, 1.165) is 4.68 Å². The van der Waals surface area contributed by atoms with Crippen LogP contribution in [0.5, 0.6) is 11.6 Å². The summed E-state index contributed by atoms with van der Waals surface area (Å²) in [6.07, 6.45) is 0. The first-order valence-corrected chi connectivity index (χ1v) is 9.17. The predicted molar refractivity (Wildman–Crippen MR) is 109 cm³/mol. The number of H-pyrrole nitrogens is 2. The van der Waals surface area contributed by atoms with E-state index in [0.29, 0.717) is 16.6 Å². The molecule has 5 rings (SSSR count). The second kappa shape index (κ2) is 6.69. The molecule has 4 heterocycles. The van der Waals surface area contributed by atoms with E-state index in [1.807, 2.05) is 4.98 Å². The normalized spacial score (nSPS) is 11.3. The van der Waals surface area contributed by atoms with Crippen molar-refractivity contribution >= 4 is 45.1 Å². The van der Waals surface area contributed by atoms with Gasteiger partial charge in [0, 0.05) is 0 Å². The van der Waals surface area contributed by atoms with Gasteiger partial charge in [-0.1, -0.05) is 23.2 Å². The maximum atomic E-state index is 12.1. The molecular weight excluding hydrogens is 451 g/mol. The van der Waals surface area contributed by atoms with Gasteiger partial charge < -0.3 is 9.15 Å². The SMILES string of the molecule is N#Cc1nn(-c2cc(Cl)c(Oc3n[nH]c(=O)c4c5ccc(o5)c34)c(Cl)c2)c(=O)[nH]c1=O. The molecular formula is C18H6Cl2N6O5. The van der Waals surface area contributed by atoms with Crippen molar-refractivity contribution in [1.82, 2.24) is 25.0 Å². The van der Waals surface area contributed by atoms with Gasteiger partial charge >= 0.3 is 5.69 Å². The zero-order valence-corrected chi connectivity index (χ0v) is 16.4. The second-order valence-corrected chi connectivity index (χ2v) is 7.06. The van der Waals surface area contributed by atoms with E-state index in [9.17, 15) is 14.4 Å². The Morgan fingerprint density at radius 1 is 1.06 bits per heavy atom. The molecule has 2 N–H and O–H groups in total. The summed E-state index contributed by atoms with van der Waals surface area (Å²) in [5.41, 5.74) is -1.91. The third-order valence-electron chi connectivity index (χ3n) is 4.41. The summed E-state index contributed by atoms with van der Waals surface area (Å²) in [4.78, 5) is 37.7. The van der Waals surface area contributed by atoms with Crippen LogP contribution in [0.3, 0.4) is 0 Å². The summed E-state index contributed by atoms with van der Waals surface area (Å²) in [5.74, 6) is -0.00392. The molecule has 11 nitrogen and oxygen atoms in total. The minimum Gasteiger partial charge on any atom is -0.456 e. The lowest BCUT2D eigenvalue weighted by Gasteiger charge is -2.12. The molecule has 0 saturated heterocycles. The largest absolute Gasteiger partial charge is 0.456 e. The first-order chi connectivity index (χ1) is 14.9. The number of benzene rings is 2. The fourth-order valence-corrected chi connectivity index (χ4v) is 3.64. The van der Waals surface area contributed by atoms with Crippen LogP contribution < -0.4 is 21.5 Å². The number of hydrogen-bond donors (Lipinski definition) is 2. The predicted octanol–water partition coefficient (Wildman–Crippen LogP) is 2.31. The molecule has 0 saturated carbocycles. The van der Waals surface area contributed by atoms with Gasteiger partial charge in [0.25, 0.3) is 11.1 Å². The minimum atomic E-state index is -0.917. The van der Waals surface area contributed by atoms with Crippen molar-refractivity contribution in [3.63, 3.8) is 0 Å². The van der Waals surface area contributed by atoms with Crippen LogP contribution in [-0.4, -0.2) is 25.0 Å². The van der Waals surface area contributed by atoms with E-state index in [-0.39, 0.29) is 32.7 Å². The second-order valence-electron chi connectivity index (χ2n) is 6.24. The smallest absolute Gasteiger partial charge is 0.349 e. The number of nitriles is 1. The van der Waals surface area contributed by atoms with Gasteiger partial charge in [-0.25, -0.2) is 9.89 Å². The summed E-state index contributed by atoms with van der Waals surface area (Å²) in [6.45, 7) is 0. The summed E-state index contributed by atoms with van der Waals surface area (Å²) in [6, 6.07) is 7.49. The lowest BCUT2D eigenvalue weighted by atomic mass is 10.2. The molecule has 5 aromatic rings. The van der Waals surface area contributed by atoms with Gasteiger partial charge in [-0.3, -0.25) is 14.6 Å². The van der Waals surface area contributed by atoms with Crippen LogP contribution in [0.25, 0.3) is 27.6 Å². The van der Waals surface area contributed by atoms with Gasteiger partial charge in [0.05, 0.1) is 21.1 Å². The first-order valence-electron chi connectivity index (χ1n) is 8.41. The summed E-state index contributed by atoms with van der Waals surface area (Å²) < 4.78 is 12.0. The van der Waals surface area contributed by atoms with Crippen molar-refractivity contribution in [3.8, 4) is 23.4 Å². The molecule has 0 amide bonds. The Morgan fingerprint density at radius 2 is 1.74 bits per heavy atom. The lowest BCUT2D eigenvalue weighted by Crippen LogP contribution is -2.33. The molecule has 2 bridgehead atoms. The Morgan fingerprint density at radius 3 is 2.42 bits per heavy atom. The van der Waals surface area contributed by atoms with Gasteiger partial charge in [0.1, 0.15) is 22.6 Å². The number of furan rings is 2. The number of aromatic amines is 2. The summed E-state index contributed by atoms with van der Waals surface area (Å²) in [7, 11) is 0. The van der Waals surface area contributed by atoms with Crippen LogP contribution in [0.15, 0.2) is 43.1 Å². The third-order valence-corrected chi connectivity index (χ3v) is 4.97. The number of halogens is 2. The lowest BCUT2D eigenvalue weighted by molar-refractivity contribution is 0.461. The number of fused-ring (bicyclic) bond motifs is 5. The molecule has 1 aromatic carbocycles. The van der Waals surface area contributed by atoms with E-state index in [4.69, 9.17) is 37.6 Å². The average molecular weight is 457 g/mol. The highest BCUT2D eigenvalue weighted by Crippen LogP contribution is 2.41. The van der Waals surface area contributed by atoms with Crippen LogP contribution in [0, 0.1) is 11.3 Å². The molecule has 0 fully saturated rings. The molecule has 152 valence electrons. The first kappa shape index (κ1) is 18.9. The van der Waals surface area contributed by atoms with Crippen molar-refractivity contribution in [3.05, 3.63) is 71.2 Å². The van der Waals surface area contributed by atoms with E-state index >= 15 is 0 Å². The van der Waals surface area contributed by atoms with Crippen molar-refractivity contribution in [1.29, 1.82) is 5.26 Å². The molecule has 0 aliphatic rings. The van der Waals surface area contributed by atoms with Gasteiger partial charge in [0.2, 0.25) is 11.6 Å². The molecule has 4 aromatic heterocycles. The average Bonchev–Trinajstić information content (AvgIpc) is 3.35. The molecule has 0 spiro atoms. The summed E-state index contributed by atoms with van der Waals surface area (Å²) in [5, 5.41) is 19.5. The van der Waals surface area contributed by atoms with Crippen molar-refractivity contribution in [2.75, 3.05) is 0 Å². The van der Waals surface area contributed by atoms with Crippen LogP contribution in [0.4, 0.5) is 0 Å². The number of hydrogen-bond acceptors (Lipinski definition) is 8. The highest BCUT2D eigenvalue weighted by molar-refractivity contribution is 6.37. The van der Waals surface area contributed by atoms with Gasteiger partial charge in [-0.2, -0.15) is 9.94 Å². The topological polar surface area (TPSA) is 160 Å². The van der Waals surface area contributed by atoms with Crippen LogP contribution in [-0.2, 0) is 0 Å². The van der Waals surface area contributed by atoms with Gasteiger partial charge in [-0.15, -0.1) is 10.2 Å². The highest BCUT2D eigenvalue weighted by atomic mass is 35.5. The molecule has 31 heavy (non-hydrogen) atoms. The third kappa shape index (κ3) is 2.85. The minimum absolute atomic E-state index is 0.00611. The molecule has 0 unspecified atom stereocenters. The maximum absolute atomic E-state index is 12.1. The Hall–Kier alpha value is -4.14. The standard InChI is InChI=1S/C18H6Cl2N6O5/c19-7-3-6(26-18(29)22-15(27)9(5-21)25-26)4-8(20)14(7)31-17-13-11-2-1-10(30-11)12(13)16(28)23-24-17/h1-4H,(H,23,28)(H,22,27,29). The zero-order valence-electron chi connectivity index (χ0n) is 14.9. The van der Waals surface area contributed by atoms with Crippen molar-refractivity contribution < 1.29 is 9.15 Å². The quantitative estimate of drug-likeness (QED) is 0.418. The van der Waals surface area contributed by atoms with E-state index < -0.39 is 22.5 Å². The number of ether oxygens (including phenoxy) is 1. The molecule has 0 radical (unpaired) electrons. The van der Waals surface area contributed by atoms with Crippen molar-refractivity contribution in [2.24, 2.45) is 0 Å². The molecule has 0 aliphatic carbocycles. The van der Waals surface area contributed by atoms with Crippen LogP contribution >= 0.6 is 23.2 Å². The Bertz CT molecular complexity index is 1700. The van der Waals surface area contributed by atoms with E-state index in [1.54, 1.807) is 18.2 Å². The van der Waals surface area contributed by atoms with E-state index in [2.05, 4.69) is 15.3 Å². The molecule has 0 atom stereocenters. The van der Waals surface area contributed by atoms with Crippen LogP contribution in [0.1, 0.15) is 5.69 Å². The number of rotatable bonds is 3. The number of nitrogens with zero attached hydrogens (tertiary/aromatic N) is 4. The van der Waals surface area contributed by atoms with Gasteiger partial charge in [0.15, 0.2) is 5.75 Å². The van der Waals surface area contributed by atoms with Gasteiger partial charge in [-0.05, 0) is 24.3 Å². The Kier molecular flexibility index (Phi) is 4.07. The Labute approximate surface area is 179 Å². The van der Waals surface area contributed by atoms with Crippen molar-refractivity contribution in [2.45, 2.75) is 0 Å². The highest BCUT2D eigenvalue weighted by Gasteiger charge is 2.21. The monoisotopic (exact) mass is 456 g/mol. The molecule has 0 aliphatic heterocycles. The molecule has 13 heteroatoms. The summed E-state index contributed by atoms with van der Waals surface area (Å²) >= 11 is 12.6. The zero-order chi connectivity index (χ0) is 21.9. The van der Waals surface area contributed by atoms with Crippen LogP contribution in [0.2, 0.25) is 10.0 Å². The fourth-order valence-electron chi connectivity index (χ4n) is 3.09. The fraction of sp³-hybridized carbons (Fsp3) is 0. The number of nitrogens with one attached hydrogen (secondary N) is 2. The maximum Gasteiger partial charge on any atom is 0.349 e. The Balaban J connectivity index is 1.63. The number of aromatic nitrogens is 5. The van der Waals surface area contributed by atoms with E-state index in [1.165, 1.54) is 12.1 Å².